The lowest BCUT2D eigenvalue weighted by Crippen LogP contribution is -2.43. The van der Waals surface area contributed by atoms with Crippen molar-refractivity contribution in [3.63, 3.8) is 0 Å². The number of carbonyl (C=O) groups excluding carboxylic acids is 2. The molecule has 2 N–H and O–H groups in total. The fourth-order valence-electron chi connectivity index (χ4n) is 2.10. The van der Waals surface area contributed by atoms with E-state index in [9.17, 15) is 9.59 Å². The summed E-state index contributed by atoms with van der Waals surface area (Å²) in [5.41, 5.74) is 5.74. The van der Waals surface area contributed by atoms with Gasteiger partial charge in [-0.2, -0.15) is 0 Å². The topological polar surface area (TPSA) is 63.4 Å². The third-order valence-corrected chi connectivity index (χ3v) is 3.44. The van der Waals surface area contributed by atoms with Crippen LogP contribution in [0, 0.1) is 11.3 Å². The van der Waals surface area contributed by atoms with E-state index in [0.29, 0.717) is 25.9 Å². The van der Waals surface area contributed by atoms with E-state index in [2.05, 4.69) is 13.8 Å². The van der Waals surface area contributed by atoms with Crippen molar-refractivity contribution in [2.75, 3.05) is 13.1 Å². The molecule has 1 saturated heterocycles. The third-order valence-electron chi connectivity index (χ3n) is 3.44. The van der Waals surface area contributed by atoms with Crippen molar-refractivity contribution in [1.29, 1.82) is 0 Å². The number of carbonyl (C=O) groups is 2. The van der Waals surface area contributed by atoms with E-state index in [1.165, 1.54) is 4.90 Å². The van der Waals surface area contributed by atoms with Crippen LogP contribution in [0.1, 0.15) is 46.5 Å². The number of imide groups is 1. The van der Waals surface area contributed by atoms with E-state index in [1.807, 2.05) is 6.92 Å². The van der Waals surface area contributed by atoms with Crippen LogP contribution in [0.15, 0.2) is 0 Å². The zero-order valence-electron chi connectivity index (χ0n) is 11.2. The number of likely N-dealkylation sites (tertiary alicyclic amines) is 1. The first kappa shape index (κ1) is 14.2. The highest BCUT2D eigenvalue weighted by Crippen LogP contribution is 2.23. The molecule has 0 aliphatic carbocycles. The minimum atomic E-state index is -0.0145. The zero-order valence-corrected chi connectivity index (χ0v) is 11.2. The highest BCUT2D eigenvalue weighted by molar-refractivity contribution is 5.97. The molecule has 1 aliphatic heterocycles. The molecular formula is C13H24N2O2. The van der Waals surface area contributed by atoms with Crippen LogP contribution in [0.25, 0.3) is 0 Å². The summed E-state index contributed by atoms with van der Waals surface area (Å²) in [5, 5.41) is 0. The number of nitrogens with two attached hydrogens (primary N) is 1. The Labute approximate surface area is 104 Å². The Morgan fingerprint density at radius 3 is 2.29 bits per heavy atom. The van der Waals surface area contributed by atoms with Crippen molar-refractivity contribution >= 4 is 11.8 Å². The number of piperidine rings is 1. The van der Waals surface area contributed by atoms with Crippen LogP contribution in [-0.4, -0.2) is 29.8 Å². The normalized spacial score (nSPS) is 18.9. The molecule has 0 bridgehead atoms. The Kier molecular flexibility index (Phi) is 4.69. The summed E-state index contributed by atoms with van der Waals surface area (Å²) in [6, 6.07) is 0. The van der Waals surface area contributed by atoms with Crippen LogP contribution in [-0.2, 0) is 9.59 Å². The summed E-state index contributed by atoms with van der Waals surface area (Å²) in [4.78, 5) is 24.9. The van der Waals surface area contributed by atoms with E-state index in [-0.39, 0.29) is 23.1 Å². The van der Waals surface area contributed by atoms with Crippen LogP contribution in [0.4, 0.5) is 0 Å². The van der Waals surface area contributed by atoms with E-state index in [1.54, 1.807) is 0 Å². The Morgan fingerprint density at radius 1 is 1.29 bits per heavy atom. The second kappa shape index (κ2) is 5.63. The molecule has 1 fully saturated rings. The summed E-state index contributed by atoms with van der Waals surface area (Å²) < 4.78 is 0. The van der Waals surface area contributed by atoms with Gasteiger partial charge in [-0.25, -0.2) is 0 Å². The molecule has 0 aromatic rings. The molecule has 0 saturated carbocycles. The second-order valence-corrected chi connectivity index (χ2v) is 5.92. The Balaban J connectivity index is 2.41. The smallest absolute Gasteiger partial charge is 0.229 e. The van der Waals surface area contributed by atoms with Gasteiger partial charge in [0.2, 0.25) is 11.8 Å². The molecule has 0 aromatic carbocycles. The number of amides is 2. The Hall–Kier alpha value is -0.900. The fraction of sp³-hybridized carbons (Fsp3) is 0.846. The van der Waals surface area contributed by atoms with Gasteiger partial charge < -0.3 is 5.73 Å². The minimum Gasteiger partial charge on any atom is -0.330 e. The largest absolute Gasteiger partial charge is 0.330 e. The molecule has 0 radical (unpaired) electrons. The average Bonchev–Trinajstić information content (AvgIpc) is 2.22. The van der Waals surface area contributed by atoms with Crippen molar-refractivity contribution in [3.05, 3.63) is 0 Å². The second-order valence-electron chi connectivity index (χ2n) is 5.92. The fourth-order valence-corrected chi connectivity index (χ4v) is 2.10. The molecule has 0 aromatic heterocycles. The maximum atomic E-state index is 11.7. The lowest BCUT2D eigenvalue weighted by atomic mass is 9.88. The molecule has 1 rings (SSSR count). The van der Waals surface area contributed by atoms with Crippen LogP contribution >= 0.6 is 0 Å². The summed E-state index contributed by atoms with van der Waals surface area (Å²) in [6.45, 7) is 7.34. The predicted molar refractivity (Wildman–Crippen MR) is 67.2 cm³/mol. The standard InChI is InChI=1S/C13H24N2O2/c1-10-7-11(16)15(12(17)8-10)6-4-5-13(2,3)9-14/h10H,4-9,14H2,1-3H3. The Bertz CT molecular complexity index is 282. The first-order valence-corrected chi connectivity index (χ1v) is 6.39. The average molecular weight is 240 g/mol. The van der Waals surface area contributed by atoms with Gasteiger partial charge in [-0.3, -0.25) is 14.5 Å². The molecule has 1 heterocycles. The summed E-state index contributed by atoms with van der Waals surface area (Å²) in [7, 11) is 0. The van der Waals surface area contributed by atoms with Crippen LogP contribution in [0.3, 0.4) is 0 Å². The SMILES string of the molecule is CC1CC(=O)N(CCCC(C)(C)CN)C(=O)C1. The van der Waals surface area contributed by atoms with Gasteiger partial charge >= 0.3 is 0 Å². The van der Waals surface area contributed by atoms with Gasteiger partial charge in [-0.1, -0.05) is 20.8 Å². The van der Waals surface area contributed by atoms with Crippen LogP contribution < -0.4 is 5.73 Å². The lowest BCUT2D eigenvalue weighted by Gasteiger charge is -2.29. The van der Waals surface area contributed by atoms with Crippen molar-refractivity contribution in [2.24, 2.45) is 17.1 Å². The zero-order chi connectivity index (χ0) is 13.1. The minimum absolute atomic E-state index is 0.0145. The van der Waals surface area contributed by atoms with Gasteiger partial charge in [-0.05, 0) is 30.7 Å². The van der Waals surface area contributed by atoms with Gasteiger partial charge in [0.25, 0.3) is 0 Å². The highest BCUT2D eigenvalue weighted by atomic mass is 16.2. The van der Waals surface area contributed by atoms with E-state index >= 15 is 0 Å². The maximum Gasteiger partial charge on any atom is 0.229 e. The first-order chi connectivity index (χ1) is 7.85. The quantitative estimate of drug-likeness (QED) is 0.741. The molecule has 4 nitrogen and oxygen atoms in total. The van der Waals surface area contributed by atoms with Gasteiger partial charge in [0, 0.05) is 19.4 Å². The molecular weight excluding hydrogens is 216 g/mol. The van der Waals surface area contributed by atoms with Crippen LogP contribution in [0.2, 0.25) is 0 Å². The molecule has 98 valence electrons. The predicted octanol–water partition coefficient (Wildman–Crippen LogP) is 1.54. The molecule has 1 aliphatic rings. The highest BCUT2D eigenvalue weighted by Gasteiger charge is 2.30. The first-order valence-electron chi connectivity index (χ1n) is 6.39. The molecule has 17 heavy (non-hydrogen) atoms. The molecule has 0 unspecified atom stereocenters. The van der Waals surface area contributed by atoms with Gasteiger partial charge in [0.1, 0.15) is 0 Å². The van der Waals surface area contributed by atoms with Crippen LogP contribution in [0.5, 0.6) is 0 Å². The van der Waals surface area contributed by atoms with Gasteiger partial charge in [0.15, 0.2) is 0 Å². The van der Waals surface area contributed by atoms with Crippen molar-refractivity contribution in [3.8, 4) is 0 Å². The number of nitrogens with zero attached hydrogens (tertiary/aromatic N) is 1. The molecule has 4 heteroatoms. The summed E-state index contributed by atoms with van der Waals surface area (Å²) in [6.07, 6.45) is 2.80. The monoisotopic (exact) mass is 240 g/mol. The molecule has 0 atom stereocenters. The molecule has 2 amide bonds. The van der Waals surface area contributed by atoms with Gasteiger partial charge in [0.05, 0.1) is 0 Å². The van der Waals surface area contributed by atoms with Crippen molar-refractivity contribution < 1.29 is 9.59 Å². The molecule has 0 spiro atoms. The van der Waals surface area contributed by atoms with E-state index in [4.69, 9.17) is 5.73 Å². The van der Waals surface area contributed by atoms with E-state index in [0.717, 1.165) is 12.8 Å². The number of hydrogen-bond donors (Lipinski definition) is 1. The summed E-state index contributed by atoms with van der Waals surface area (Å²) in [5.74, 6) is 0.172. The maximum absolute atomic E-state index is 11.7. The van der Waals surface area contributed by atoms with Crippen molar-refractivity contribution in [2.45, 2.75) is 46.5 Å². The lowest BCUT2D eigenvalue weighted by molar-refractivity contribution is -0.149. The van der Waals surface area contributed by atoms with E-state index < -0.39 is 0 Å². The Morgan fingerprint density at radius 2 is 1.82 bits per heavy atom. The third kappa shape index (κ3) is 4.11. The summed E-state index contributed by atoms with van der Waals surface area (Å²) >= 11 is 0. The number of rotatable bonds is 5. The number of hydrogen-bond acceptors (Lipinski definition) is 3. The van der Waals surface area contributed by atoms with Gasteiger partial charge in [-0.15, -0.1) is 0 Å². The van der Waals surface area contributed by atoms with Crippen molar-refractivity contribution in [1.82, 2.24) is 4.90 Å².